The average molecular weight is 919 g/mol. The van der Waals surface area contributed by atoms with Crippen LogP contribution in [-0.4, -0.2) is 55.7 Å². The van der Waals surface area contributed by atoms with Gasteiger partial charge in [0, 0.05) is 23.0 Å². The van der Waals surface area contributed by atoms with Crippen molar-refractivity contribution in [3.8, 4) is 0 Å². The SMILES string of the molecule is Cc1ccc(NC(=O)Nc2nc(CC(=O)O)c(Br)s2)c(C(=O)C2CCCC2)c1.O=C(O)Cc1nc(NC(=O)Nc2ccccc2C(=O)C2CCCC2)sc1Br. The van der Waals surface area contributed by atoms with Crippen molar-refractivity contribution >= 4 is 112 Å². The minimum Gasteiger partial charge on any atom is -0.481 e. The number of aliphatic carboxylic acids is 2. The summed E-state index contributed by atoms with van der Waals surface area (Å²) in [5.41, 5.74) is 3.59. The molecule has 0 aliphatic heterocycles. The number of carbonyl (C=O) groups is 6. The number of carboxylic acid groups (broad SMARTS) is 2. The second-order valence-corrected chi connectivity index (χ2v) is 17.7. The van der Waals surface area contributed by atoms with Crippen LogP contribution in [0.3, 0.4) is 0 Å². The van der Waals surface area contributed by atoms with E-state index in [0.29, 0.717) is 41.5 Å². The van der Waals surface area contributed by atoms with Gasteiger partial charge in [-0.15, -0.1) is 0 Å². The summed E-state index contributed by atoms with van der Waals surface area (Å²) in [6.07, 6.45) is 7.31. The van der Waals surface area contributed by atoms with E-state index in [1.807, 2.05) is 13.0 Å². The first-order chi connectivity index (χ1) is 26.3. The number of carboxylic acids is 2. The van der Waals surface area contributed by atoms with E-state index in [1.165, 1.54) is 0 Å². The van der Waals surface area contributed by atoms with Crippen molar-refractivity contribution in [3.63, 3.8) is 0 Å². The standard InChI is InChI=1S/C19H20BrN3O4S.C18H18BrN3O4S/c1-10-6-7-13(12(8-10)16(26)11-4-2-3-5-11)21-18(27)23-19-22-14(9-15(24)25)17(20)28-19;19-16-13(9-14(23)24)21-18(27-16)22-17(26)20-12-8-4-3-7-11(12)15(25)10-5-1-2-6-10/h6-8,11H,2-5,9H2,1H3,(H,24,25)(H2,21,22,23,27);3-4,7-8,10H,1-2,5-6,9H2,(H,23,24)(H2,20,21,22,26). The van der Waals surface area contributed by atoms with Gasteiger partial charge in [0.1, 0.15) is 0 Å². The molecule has 0 unspecified atom stereocenters. The third-order valence-corrected chi connectivity index (χ3v) is 12.4. The fourth-order valence-corrected chi connectivity index (χ4v) is 9.16. The third-order valence-electron chi connectivity index (χ3n) is 8.96. The Labute approximate surface area is 341 Å². The lowest BCUT2D eigenvalue weighted by Crippen LogP contribution is -2.22. The summed E-state index contributed by atoms with van der Waals surface area (Å²) in [4.78, 5) is 80.2. The molecule has 2 aromatic carbocycles. The lowest BCUT2D eigenvalue weighted by Gasteiger charge is -2.14. The van der Waals surface area contributed by atoms with E-state index in [1.54, 1.807) is 36.4 Å². The number of urea groups is 2. The highest BCUT2D eigenvalue weighted by Crippen LogP contribution is 2.33. The van der Waals surface area contributed by atoms with Gasteiger partial charge in [0.2, 0.25) is 0 Å². The lowest BCUT2D eigenvalue weighted by molar-refractivity contribution is -0.137. The van der Waals surface area contributed by atoms with Crippen LogP contribution < -0.4 is 21.3 Å². The van der Waals surface area contributed by atoms with Crippen molar-refractivity contribution in [2.45, 2.75) is 71.1 Å². The smallest absolute Gasteiger partial charge is 0.325 e. The van der Waals surface area contributed by atoms with Crippen LogP contribution in [0.2, 0.25) is 0 Å². The Kier molecular flexibility index (Phi) is 14.7. The predicted molar refractivity (Wildman–Crippen MR) is 218 cm³/mol. The number of aryl methyl sites for hydroxylation is 1. The molecular weight excluding hydrogens is 880 g/mol. The molecule has 4 aromatic rings. The molecule has 2 aliphatic rings. The minimum atomic E-state index is -1.00. The number of hydrogen-bond acceptors (Lipinski definition) is 10. The summed E-state index contributed by atoms with van der Waals surface area (Å²) in [7, 11) is 0. The van der Waals surface area contributed by atoms with Crippen LogP contribution in [0.15, 0.2) is 50.0 Å². The summed E-state index contributed by atoms with van der Waals surface area (Å²) in [5.74, 6) is -1.85. The normalized spacial score (nSPS) is 14.1. The number of halogens is 2. The summed E-state index contributed by atoms with van der Waals surface area (Å²) < 4.78 is 1.11. The molecule has 2 aliphatic carbocycles. The number of rotatable bonds is 12. The highest BCUT2D eigenvalue weighted by Gasteiger charge is 2.27. The molecule has 55 heavy (non-hydrogen) atoms. The summed E-state index contributed by atoms with van der Waals surface area (Å²) >= 11 is 8.76. The quantitative estimate of drug-likeness (QED) is 0.0740. The zero-order chi connectivity index (χ0) is 39.6. The molecule has 2 aromatic heterocycles. The molecule has 2 fully saturated rings. The largest absolute Gasteiger partial charge is 0.481 e. The number of thiazole rings is 2. The number of carbonyl (C=O) groups excluding carboxylic acids is 4. The Morgan fingerprint density at radius 1 is 0.655 bits per heavy atom. The maximum absolute atomic E-state index is 12.9. The third kappa shape index (κ3) is 11.7. The zero-order valence-corrected chi connectivity index (χ0v) is 34.4. The molecule has 4 amide bonds. The molecule has 14 nitrogen and oxygen atoms in total. The second-order valence-electron chi connectivity index (χ2n) is 13.1. The van der Waals surface area contributed by atoms with Gasteiger partial charge < -0.3 is 20.8 Å². The van der Waals surface area contributed by atoms with Gasteiger partial charge in [-0.1, -0.05) is 72.1 Å². The molecule has 2 heterocycles. The van der Waals surface area contributed by atoms with Crippen molar-refractivity contribution in [3.05, 3.63) is 78.1 Å². The number of amides is 4. The fraction of sp³-hybridized carbons (Fsp3) is 0.351. The van der Waals surface area contributed by atoms with Gasteiger partial charge in [0.05, 0.1) is 43.2 Å². The van der Waals surface area contributed by atoms with E-state index in [9.17, 15) is 28.8 Å². The van der Waals surface area contributed by atoms with Crippen molar-refractivity contribution in [2.75, 3.05) is 21.3 Å². The van der Waals surface area contributed by atoms with E-state index in [4.69, 9.17) is 10.2 Å². The lowest BCUT2D eigenvalue weighted by atomic mass is 9.94. The fourth-order valence-electron chi connectivity index (χ4n) is 6.37. The number of nitrogens with one attached hydrogen (secondary N) is 4. The van der Waals surface area contributed by atoms with E-state index >= 15 is 0 Å². The predicted octanol–water partition coefficient (Wildman–Crippen LogP) is 9.41. The molecule has 0 spiro atoms. The Hall–Kier alpha value is -4.52. The van der Waals surface area contributed by atoms with Crippen LogP contribution in [0, 0.1) is 18.8 Å². The number of hydrogen-bond donors (Lipinski definition) is 6. The van der Waals surface area contributed by atoms with Gasteiger partial charge in [-0.25, -0.2) is 19.6 Å². The van der Waals surface area contributed by atoms with Crippen molar-refractivity contribution in [1.82, 2.24) is 9.97 Å². The molecule has 6 N–H and O–H groups in total. The number of aromatic nitrogens is 2. The van der Waals surface area contributed by atoms with Crippen molar-refractivity contribution < 1.29 is 39.0 Å². The number of para-hydroxylation sites is 1. The molecule has 0 radical (unpaired) electrons. The number of benzene rings is 2. The van der Waals surface area contributed by atoms with E-state index in [-0.39, 0.29) is 46.5 Å². The molecule has 18 heteroatoms. The van der Waals surface area contributed by atoms with Crippen LogP contribution in [-0.2, 0) is 22.4 Å². The van der Waals surface area contributed by atoms with Crippen molar-refractivity contribution in [1.29, 1.82) is 0 Å². The summed E-state index contributed by atoms with van der Waals surface area (Å²) in [6.45, 7) is 1.91. The highest BCUT2D eigenvalue weighted by atomic mass is 79.9. The maximum Gasteiger partial charge on any atom is 0.325 e. The Morgan fingerprint density at radius 3 is 1.56 bits per heavy atom. The first-order valence-electron chi connectivity index (χ1n) is 17.5. The molecule has 290 valence electrons. The highest BCUT2D eigenvalue weighted by molar-refractivity contribution is 9.11. The number of ketones is 2. The monoisotopic (exact) mass is 916 g/mol. The average Bonchev–Trinajstić information content (AvgIpc) is 3.96. The van der Waals surface area contributed by atoms with E-state index in [0.717, 1.165) is 79.6 Å². The van der Waals surface area contributed by atoms with Gasteiger partial charge in [-0.2, -0.15) is 0 Å². The Bertz CT molecular complexity index is 2090. The molecule has 0 atom stereocenters. The summed E-state index contributed by atoms with van der Waals surface area (Å²) in [6, 6.07) is 11.2. The van der Waals surface area contributed by atoms with Crippen molar-refractivity contribution in [2.24, 2.45) is 11.8 Å². The first-order valence-corrected chi connectivity index (χ1v) is 20.7. The minimum absolute atomic E-state index is 0.0129. The first kappa shape index (κ1) is 41.6. The van der Waals surface area contributed by atoms with Crippen LogP contribution >= 0.6 is 54.5 Å². The molecule has 6 rings (SSSR count). The topological polar surface area (TPSA) is 217 Å². The van der Waals surface area contributed by atoms with Crippen LogP contribution in [0.5, 0.6) is 0 Å². The van der Waals surface area contributed by atoms with E-state index < -0.39 is 24.0 Å². The molecule has 0 saturated heterocycles. The number of anilines is 4. The maximum atomic E-state index is 12.9. The van der Waals surface area contributed by atoms with Gasteiger partial charge in [0.25, 0.3) is 0 Å². The van der Waals surface area contributed by atoms with Crippen LogP contribution in [0.25, 0.3) is 0 Å². The van der Waals surface area contributed by atoms with Crippen LogP contribution in [0.1, 0.15) is 89.0 Å². The van der Waals surface area contributed by atoms with Crippen LogP contribution in [0.4, 0.5) is 31.2 Å². The Morgan fingerprint density at radius 2 is 1.09 bits per heavy atom. The number of nitrogens with zero attached hydrogens (tertiary/aromatic N) is 2. The molecule has 2 saturated carbocycles. The molecular formula is C37H38Br2N6O8S2. The number of Topliss-reactive ketones (excluding diaryl/α,β-unsaturated/α-hetero) is 2. The second kappa shape index (κ2) is 19.4. The zero-order valence-electron chi connectivity index (χ0n) is 29.6. The van der Waals surface area contributed by atoms with Gasteiger partial charge >= 0.3 is 24.0 Å². The van der Waals surface area contributed by atoms with Gasteiger partial charge in [-0.3, -0.25) is 29.8 Å². The van der Waals surface area contributed by atoms with E-state index in [2.05, 4.69) is 63.1 Å². The molecule has 0 bridgehead atoms. The Balaban J connectivity index is 0.000000211. The van der Waals surface area contributed by atoms with Gasteiger partial charge in [0.15, 0.2) is 21.8 Å². The van der Waals surface area contributed by atoms with Gasteiger partial charge in [-0.05, 0) is 88.7 Å². The summed E-state index contributed by atoms with van der Waals surface area (Å²) in [5, 5.41) is 28.9.